The van der Waals surface area contributed by atoms with Gasteiger partial charge in [-0.1, -0.05) is 116 Å². The van der Waals surface area contributed by atoms with Crippen LogP contribution in [0.3, 0.4) is 0 Å². The molecule has 0 radical (unpaired) electrons. The highest BCUT2D eigenvalue weighted by Gasteiger charge is 2.06. The summed E-state index contributed by atoms with van der Waals surface area (Å²) in [6.07, 6.45) is 18.6. The molecule has 1 aromatic rings. The Balaban J connectivity index is 1.75. The van der Waals surface area contributed by atoms with Gasteiger partial charge in [0.05, 0.1) is 12.2 Å². The van der Waals surface area contributed by atoms with Crippen LogP contribution >= 0.6 is 0 Å². The van der Waals surface area contributed by atoms with Gasteiger partial charge < -0.3 is 0 Å². The Morgan fingerprint density at radius 3 is 1.68 bits per heavy atom. The molecule has 0 atom stereocenters. The lowest BCUT2D eigenvalue weighted by atomic mass is 10.0. The molecule has 160 valence electrons. The minimum Gasteiger partial charge on any atom is -0.293 e. The number of carbonyl (C=O) groups is 1. The predicted molar refractivity (Wildman–Crippen MR) is 117 cm³/mol. The minimum atomic E-state index is -0.420. The van der Waals surface area contributed by atoms with Gasteiger partial charge in [-0.15, -0.1) is 0 Å². The second kappa shape index (κ2) is 17.7. The van der Waals surface area contributed by atoms with Gasteiger partial charge in [0, 0.05) is 0 Å². The molecule has 0 spiro atoms. The fraction of sp³-hybridized carbons (Fsp3) is 0.720. The van der Waals surface area contributed by atoms with Crippen LogP contribution in [0.2, 0.25) is 0 Å². The van der Waals surface area contributed by atoms with Crippen LogP contribution < -0.4 is 0 Å². The van der Waals surface area contributed by atoms with E-state index in [0.717, 1.165) is 18.8 Å². The van der Waals surface area contributed by atoms with E-state index >= 15 is 0 Å². The molecule has 0 saturated carbocycles. The molecule has 3 heteroatoms. The van der Waals surface area contributed by atoms with E-state index in [4.69, 9.17) is 9.78 Å². The lowest BCUT2D eigenvalue weighted by Crippen LogP contribution is -2.06. The third kappa shape index (κ3) is 14.7. The lowest BCUT2D eigenvalue weighted by Gasteiger charge is -2.05. The molecule has 0 aliphatic rings. The van der Waals surface area contributed by atoms with Gasteiger partial charge in [-0.05, 0) is 24.5 Å². The summed E-state index contributed by atoms with van der Waals surface area (Å²) in [5, 5.41) is 0. The van der Waals surface area contributed by atoms with Crippen molar-refractivity contribution in [2.75, 3.05) is 6.61 Å². The number of unbranched alkanes of at least 4 members (excludes halogenated alkanes) is 12. The van der Waals surface area contributed by atoms with E-state index in [2.05, 4.69) is 13.8 Å². The van der Waals surface area contributed by atoms with Gasteiger partial charge in [-0.3, -0.25) is 4.89 Å². The Morgan fingerprint density at radius 2 is 1.18 bits per heavy atom. The van der Waals surface area contributed by atoms with Crippen molar-refractivity contribution in [1.29, 1.82) is 0 Å². The number of hydrogen-bond donors (Lipinski definition) is 0. The van der Waals surface area contributed by atoms with E-state index in [0.29, 0.717) is 12.2 Å². The lowest BCUT2D eigenvalue weighted by molar-refractivity contribution is -0.241. The maximum atomic E-state index is 11.7. The summed E-state index contributed by atoms with van der Waals surface area (Å²) in [4.78, 5) is 21.5. The van der Waals surface area contributed by atoms with Crippen LogP contribution in [-0.4, -0.2) is 12.6 Å². The average molecular weight is 391 g/mol. The monoisotopic (exact) mass is 390 g/mol. The molecule has 0 unspecified atom stereocenters. The van der Waals surface area contributed by atoms with E-state index < -0.39 is 5.97 Å². The molecule has 28 heavy (non-hydrogen) atoms. The van der Waals surface area contributed by atoms with E-state index in [1.165, 1.54) is 77.0 Å². The first-order valence-corrected chi connectivity index (χ1v) is 11.6. The van der Waals surface area contributed by atoms with Crippen molar-refractivity contribution in [2.45, 2.75) is 104 Å². The molecule has 1 rings (SSSR count). The van der Waals surface area contributed by atoms with Crippen LogP contribution in [0.1, 0.15) is 114 Å². The topological polar surface area (TPSA) is 35.5 Å². The standard InChI is InChI=1S/C25H42O3/c1-23(2)19-15-12-10-8-6-4-3-5-7-9-11-13-18-22-27-28-25(26)24-20-16-14-17-21-24/h14,16-17,20-21,23H,3-13,15,18-19,22H2,1-2H3. The van der Waals surface area contributed by atoms with E-state index in [9.17, 15) is 4.79 Å². The first-order chi connectivity index (χ1) is 13.7. The molecule has 0 heterocycles. The Bertz CT molecular complexity index is 470. The van der Waals surface area contributed by atoms with Crippen LogP contribution in [0.4, 0.5) is 0 Å². The average Bonchev–Trinajstić information content (AvgIpc) is 2.70. The van der Waals surface area contributed by atoms with E-state index in [1.807, 2.05) is 18.2 Å². The van der Waals surface area contributed by atoms with E-state index in [-0.39, 0.29) is 0 Å². The molecule has 0 N–H and O–H groups in total. The largest absolute Gasteiger partial charge is 0.373 e. The highest BCUT2D eigenvalue weighted by molar-refractivity contribution is 5.88. The molecule has 0 bridgehead atoms. The highest BCUT2D eigenvalue weighted by atomic mass is 17.2. The van der Waals surface area contributed by atoms with Crippen LogP contribution in [0, 0.1) is 5.92 Å². The zero-order chi connectivity index (χ0) is 20.3. The van der Waals surface area contributed by atoms with Gasteiger partial charge in [0.1, 0.15) is 0 Å². The fourth-order valence-electron chi connectivity index (χ4n) is 3.38. The molecule has 3 nitrogen and oxygen atoms in total. The highest BCUT2D eigenvalue weighted by Crippen LogP contribution is 2.14. The molecule has 0 aromatic heterocycles. The molecule has 0 saturated heterocycles. The SMILES string of the molecule is CC(C)CCCCCCCCCCCCCCCOOC(=O)c1ccccc1. The van der Waals surface area contributed by atoms with Crippen LogP contribution in [-0.2, 0) is 9.78 Å². The molecule has 0 fully saturated rings. The summed E-state index contributed by atoms with van der Waals surface area (Å²) in [6, 6.07) is 8.93. The quantitative estimate of drug-likeness (QED) is 0.145. The normalized spacial score (nSPS) is 11.1. The van der Waals surface area contributed by atoms with Gasteiger partial charge in [-0.25, -0.2) is 4.79 Å². The summed E-state index contributed by atoms with van der Waals surface area (Å²) in [5.74, 6) is 0.445. The molecular weight excluding hydrogens is 348 g/mol. The summed E-state index contributed by atoms with van der Waals surface area (Å²) in [6.45, 7) is 5.12. The maximum Gasteiger partial charge on any atom is 0.373 e. The van der Waals surface area contributed by atoms with Crippen molar-refractivity contribution in [3.05, 3.63) is 35.9 Å². The second-order valence-corrected chi connectivity index (χ2v) is 8.34. The van der Waals surface area contributed by atoms with Crippen LogP contribution in [0.15, 0.2) is 30.3 Å². The Labute approximate surface area is 173 Å². The smallest absolute Gasteiger partial charge is 0.293 e. The number of carbonyl (C=O) groups excluding carboxylic acids is 1. The third-order valence-corrected chi connectivity index (χ3v) is 5.15. The molecular formula is C25H42O3. The maximum absolute atomic E-state index is 11.7. The Morgan fingerprint density at radius 1 is 0.714 bits per heavy atom. The molecule has 0 aliphatic carbocycles. The van der Waals surface area contributed by atoms with Crippen molar-refractivity contribution in [3.8, 4) is 0 Å². The zero-order valence-electron chi connectivity index (χ0n) is 18.3. The van der Waals surface area contributed by atoms with Crippen LogP contribution in [0.25, 0.3) is 0 Å². The summed E-state index contributed by atoms with van der Waals surface area (Å²) < 4.78 is 0. The summed E-state index contributed by atoms with van der Waals surface area (Å²) in [7, 11) is 0. The Kier molecular flexibility index (Phi) is 15.6. The first-order valence-electron chi connectivity index (χ1n) is 11.6. The molecule has 1 aromatic carbocycles. The van der Waals surface area contributed by atoms with Crippen LogP contribution in [0.5, 0.6) is 0 Å². The molecule has 0 aliphatic heterocycles. The van der Waals surface area contributed by atoms with Gasteiger partial charge in [0.25, 0.3) is 0 Å². The second-order valence-electron chi connectivity index (χ2n) is 8.34. The molecule has 0 amide bonds. The number of hydrogen-bond acceptors (Lipinski definition) is 3. The van der Waals surface area contributed by atoms with Gasteiger partial charge in [-0.2, -0.15) is 4.89 Å². The van der Waals surface area contributed by atoms with Gasteiger partial charge in [0.2, 0.25) is 0 Å². The van der Waals surface area contributed by atoms with Crippen molar-refractivity contribution in [2.24, 2.45) is 5.92 Å². The minimum absolute atomic E-state index is 0.420. The van der Waals surface area contributed by atoms with Crippen molar-refractivity contribution in [1.82, 2.24) is 0 Å². The zero-order valence-corrected chi connectivity index (χ0v) is 18.3. The van der Waals surface area contributed by atoms with Gasteiger partial charge in [0.15, 0.2) is 0 Å². The fourth-order valence-corrected chi connectivity index (χ4v) is 3.38. The van der Waals surface area contributed by atoms with Gasteiger partial charge >= 0.3 is 5.97 Å². The van der Waals surface area contributed by atoms with Crippen molar-refractivity contribution < 1.29 is 14.6 Å². The predicted octanol–water partition coefficient (Wildman–Crippen LogP) is 7.89. The number of rotatable bonds is 18. The van der Waals surface area contributed by atoms with Crippen molar-refractivity contribution >= 4 is 5.97 Å². The van der Waals surface area contributed by atoms with E-state index in [1.54, 1.807) is 12.1 Å². The summed E-state index contributed by atoms with van der Waals surface area (Å²) >= 11 is 0. The first kappa shape index (κ1) is 24.7. The third-order valence-electron chi connectivity index (χ3n) is 5.15. The summed E-state index contributed by atoms with van der Waals surface area (Å²) in [5.41, 5.74) is 0.522. The number of benzene rings is 1. The van der Waals surface area contributed by atoms with Crippen molar-refractivity contribution in [3.63, 3.8) is 0 Å². The Hall–Kier alpha value is -1.35.